The third-order valence-corrected chi connectivity index (χ3v) is 1.37. The lowest BCUT2D eigenvalue weighted by Crippen LogP contribution is -2.21. The fourth-order valence-electron chi connectivity index (χ4n) is 0.439. The molecule has 0 aliphatic carbocycles. The second-order valence-electron chi connectivity index (χ2n) is 1.73. The quantitative estimate of drug-likeness (QED) is 0.574. The van der Waals surface area contributed by atoms with Crippen molar-refractivity contribution in [2.24, 2.45) is 5.92 Å². The van der Waals surface area contributed by atoms with E-state index in [1.54, 1.807) is 7.05 Å². The SMILES string of the molecule is CNCC(CF)CCl. The maximum Gasteiger partial charge on any atom is 0.0946 e. The fourth-order valence-corrected chi connectivity index (χ4v) is 0.631. The van der Waals surface area contributed by atoms with Crippen LogP contribution in [-0.4, -0.2) is 26.1 Å². The average molecular weight is 140 g/mol. The van der Waals surface area contributed by atoms with Crippen molar-refractivity contribution in [3.63, 3.8) is 0 Å². The minimum absolute atomic E-state index is 0.0123. The Hall–Kier alpha value is 0.180. The molecule has 1 nitrogen and oxygen atoms in total. The minimum Gasteiger partial charge on any atom is -0.319 e. The standard InChI is InChI=1S/C5H11ClFN/c1-8-4-5(2-6)3-7/h5,8H,2-4H2,1H3. The lowest BCUT2D eigenvalue weighted by atomic mass is 10.2. The van der Waals surface area contributed by atoms with E-state index in [1.807, 2.05) is 0 Å². The summed E-state index contributed by atoms with van der Waals surface area (Å²) in [4.78, 5) is 0. The van der Waals surface area contributed by atoms with Crippen LogP contribution in [0.5, 0.6) is 0 Å². The third kappa shape index (κ3) is 3.22. The van der Waals surface area contributed by atoms with E-state index in [1.165, 1.54) is 0 Å². The van der Waals surface area contributed by atoms with Gasteiger partial charge in [-0.2, -0.15) is 0 Å². The molecule has 8 heavy (non-hydrogen) atoms. The van der Waals surface area contributed by atoms with Crippen molar-refractivity contribution in [3.8, 4) is 0 Å². The van der Waals surface area contributed by atoms with Gasteiger partial charge in [-0.15, -0.1) is 11.6 Å². The van der Waals surface area contributed by atoms with Gasteiger partial charge in [0, 0.05) is 18.3 Å². The smallest absolute Gasteiger partial charge is 0.0946 e. The molecule has 50 valence electrons. The molecule has 0 aromatic heterocycles. The Morgan fingerprint density at radius 3 is 2.50 bits per heavy atom. The summed E-state index contributed by atoms with van der Waals surface area (Å²) in [6.07, 6.45) is 0. The van der Waals surface area contributed by atoms with Crippen LogP contribution in [0, 0.1) is 5.92 Å². The predicted octanol–water partition coefficient (Wildman–Crippen LogP) is 1.03. The second-order valence-corrected chi connectivity index (χ2v) is 2.04. The van der Waals surface area contributed by atoms with Crippen LogP contribution in [0.2, 0.25) is 0 Å². The Morgan fingerprint density at radius 2 is 2.38 bits per heavy atom. The molecule has 3 heteroatoms. The van der Waals surface area contributed by atoms with E-state index in [2.05, 4.69) is 5.32 Å². The molecule has 0 fully saturated rings. The summed E-state index contributed by atoms with van der Waals surface area (Å²) in [5.74, 6) is 0.388. The Balaban J connectivity index is 3.07. The summed E-state index contributed by atoms with van der Waals surface area (Å²) in [5.41, 5.74) is 0. The van der Waals surface area contributed by atoms with Crippen molar-refractivity contribution in [1.82, 2.24) is 5.32 Å². The van der Waals surface area contributed by atoms with Gasteiger partial charge in [-0.25, -0.2) is 0 Å². The monoisotopic (exact) mass is 139 g/mol. The molecule has 1 atom stereocenters. The molecule has 0 heterocycles. The van der Waals surface area contributed by atoms with E-state index in [-0.39, 0.29) is 12.6 Å². The molecule has 0 amide bonds. The highest BCUT2D eigenvalue weighted by Crippen LogP contribution is 1.97. The van der Waals surface area contributed by atoms with Gasteiger partial charge in [0.1, 0.15) is 0 Å². The molecule has 0 spiro atoms. The van der Waals surface area contributed by atoms with Gasteiger partial charge in [0.05, 0.1) is 6.67 Å². The normalized spacial score (nSPS) is 13.9. The van der Waals surface area contributed by atoms with Crippen molar-refractivity contribution < 1.29 is 4.39 Å². The number of halogens is 2. The van der Waals surface area contributed by atoms with Crippen LogP contribution in [0.15, 0.2) is 0 Å². The highest BCUT2D eigenvalue weighted by Gasteiger charge is 2.02. The van der Waals surface area contributed by atoms with Crippen molar-refractivity contribution >= 4 is 11.6 Å². The molecule has 0 aromatic rings. The van der Waals surface area contributed by atoms with Gasteiger partial charge in [0.2, 0.25) is 0 Å². The van der Waals surface area contributed by atoms with Crippen LogP contribution < -0.4 is 5.32 Å². The average Bonchev–Trinajstić information content (AvgIpc) is 1.83. The molecular formula is C5H11ClFN. The van der Waals surface area contributed by atoms with Crippen molar-refractivity contribution in [2.45, 2.75) is 0 Å². The molecule has 1 N–H and O–H groups in total. The number of nitrogens with one attached hydrogen (secondary N) is 1. The van der Waals surface area contributed by atoms with Gasteiger partial charge >= 0.3 is 0 Å². The second kappa shape index (κ2) is 5.32. The summed E-state index contributed by atoms with van der Waals surface area (Å²) in [5, 5.41) is 2.85. The van der Waals surface area contributed by atoms with E-state index < -0.39 is 0 Å². The summed E-state index contributed by atoms with van der Waals surface area (Å²) in [7, 11) is 1.79. The zero-order chi connectivity index (χ0) is 6.41. The maximum atomic E-state index is 11.7. The van der Waals surface area contributed by atoms with Crippen LogP contribution in [-0.2, 0) is 0 Å². The Morgan fingerprint density at radius 1 is 1.75 bits per heavy atom. The summed E-state index contributed by atoms with van der Waals surface area (Å²) < 4.78 is 11.7. The molecule has 0 saturated carbocycles. The summed E-state index contributed by atoms with van der Waals surface area (Å²) >= 11 is 5.37. The van der Waals surface area contributed by atoms with Crippen molar-refractivity contribution in [2.75, 3.05) is 26.1 Å². The number of hydrogen-bond donors (Lipinski definition) is 1. The van der Waals surface area contributed by atoms with Crippen LogP contribution in [0.4, 0.5) is 4.39 Å². The zero-order valence-corrected chi connectivity index (χ0v) is 5.71. The predicted molar refractivity (Wildman–Crippen MR) is 34.1 cm³/mol. The van der Waals surface area contributed by atoms with Crippen LogP contribution >= 0.6 is 11.6 Å². The third-order valence-electron chi connectivity index (χ3n) is 0.929. The topological polar surface area (TPSA) is 12.0 Å². The molecule has 0 rings (SSSR count). The Labute approximate surface area is 54.2 Å². The van der Waals surface area contributed by atoms with Gasteiger partial charge in [-0.1, -0.05) is 0 Å². The first-order chi connectivity index (χ1) is 3.85. The summed E-state index contributed by atoms with van der Waals surface area (Å²) in [6, 6.07) is 0. The number of rotatable bonds is 4. The largest absolute Gasteiger partial charge is 0.319 e. The Bertz CT molecular complexity index is 47.7. The molecular weight excluding hydrogens is 129 g/mol. The molecule has 0 aliphatic heterocycles. The van der Waals surface area contributed by atoms with E-state index in [0.717, 1.165) is 0 Å². The molecule has 0 aliphatic rings. The number of alkyl halides is 2. The van der Waals surface area contributed by atoms with Gasteiger partial charge in [-0.3, -0.25) is 4.39 Å². The van der Waals surface area contributed by atoms with E-state index >= 15 is 0 Å². The zero-order valence-electron chi connectivity index (χ0n) is 4.95. The maximum absolute atomic E-state index is 11.7. The first kappa shape index (κ1) is 8.18. The van der Waals surface area contributed by atoms with E-state index in [0.29, 0.717) is 12.4 Å². The molecule has 0 saturated heterocycles. The van der Waals surface area contributed by atoms with Gasteiger partial charge < -0.3 is 5.32 Å². The van der Waals surface area contributed by atoms with Crippen molar-refractivity contribution in [1.29, 1.82) is 0 Å². The highest BCUT2D eigenvalue weighted by molar-refractivity contribution is 6.18. The molecule has 0 radical (unpaired) electrons. The number of hydrogen-bond acceptors (Lipinski definition) is 1. The molecule has 0 aromatic carbocycles. The molecule has 0 bridgehead atoms. The highest BCUT2D eigenvalue weighted by atomic mass is 35.5. The summed E-state index contributed by atoms with van der Waals surface area (Å²) in [6.45, 7) is 0.338. The van der Waals surface area contributed by atoms with Gasteiger partial charge in [0.15, 0.2) is 0 Å². The first-order valence-electron chi connectivity index (χ1n) is 2.61. The van der Waals surface area contributed by atoms with Crippen molar-refractivity contribution in [3.05, 3.63) is 0 Å². The molecule has 1 unspecified atom stereocenters. The first-order valence-corrected chi connectivity index (χ1v) is 3.15. The van der Waals surface area contributed by atoms with Gasteiger partial charge in [-0.05, 0) is 7.05 Å². The van der Waals surface area contributed by atoms with E-state index in [9.17, 15) is 4.39 Å². The minimum atomic E-state index is -0.329. The van der Waals surface area contributed by atoms with Crippen LogP contribution in [0.1, 0.15) is 0 Å². The van der Waals surface area contributed by atoms with Crippen LogP contribution in [0.3, 0.4) is 0 Å². The lowest BCUT2D eigenvalue weighted by molar-refractivity contribution is 0.378. The Kier molecular flexibility index (Phi) is 5.44. The fraction of sp³-hybridized carbons (Fsp3) is 1.00. The van der Waals surface area contributed by atoms with Gasteiger partial charge in [0.25, 0.3) is 0 Å². The van der Waals surface area contributed by atoms with Crippen LogP contribution in [0.25, 0.3) is 0 Å². The van der Waals surface area contributed by atoms with E-state index in [4.69, 9.17) is 11.6 Å². The lowest BCUT2D eigenvalue weighted by Gasteiger charge is -2.05.